The number of benzene rings is 1. The molecule has 0 aliphatic heterocycles. The van der Waals surface area contributed by atoms with Crippen molar-refractivity contribution in [2.45, 2.75) is 32.4 Å². The lowest BCUT2D eigenvalue weighted by molar-refractivity contribution is 0.0495. The van der Waals surface area contributed by atoms with Crippen LogP contribution in [0, 0.1) is 5.82 Å². The average Bonchev–Trinajstić information content (AvgIpc) is 2.31. The van der Waals surface area contributed by atoms with Crippen molar-refractivity contribution in [1.29, 1.82) is 0 Å². The van der Waals surface area contributed by atoms with E-state index in [-0.39, 0.29) is 23.0 Å². The second kappa shape index (κ2) is 6.94. The molecule has 2 unspecified atom stereocenters. The van der Waals surface area contributed by atoms with Crippen molar-refractivity contribution in [3.8, 4) is 0 Å². The van der Waals surface area contributed by atoms with Gasteiger partial charge in [0.1, 0.15) is 5.82 Å². The highest BCUT2D eigenvalue weighted by Gasteiger charge is 2.18. The van der Waals surface area contributed by atoms with Gasteiger partial charge in [0.25, 0.3) is 0 Å². The highest BCUT2D eigenvalue weighted by atomic mass is 35.5. The second-order valence-electron chi connectivity index (χ2n) is 3.97. The molecule has 2 atom stereocenters. The van der Waals surface area contributed by atoms with Gasteiger partial charge in [-0.3, -0.25) is 0 Å². The van der Waals surface area contributed by atoms with Crippen LogP contribution in [0.25, 0.3) is 0 Å². The highest BCUT2D eigenvalue weighted by molar-refractivity contribution is 6.30. The molecular formula is C13H19ClFNO. The molecule has 1 aromatic rings. The lowest BCUT2D eigenvalue weighted by Gasteiger charge is -2.23. The summed E-state index contributed by atoms with van der Waals surface area (Å²) >= 11 is 5.75. The van der Waals surface area contributed by atoms with E-state index in [1.54, 1.807) is 18.2 Å². The van der Waals surface area contributed by atoms with E-state index in [9.17, 15) is 4.39 Å². The third-order valence-electron chi connectivity index (χ3n) is 2.84. The molecule has 0 aliphatic carbocycles. The summed E-state index contributed by atoms with van der Waals surface area (Å²) in [5, 5.41) is 3.32. The van der Waals surface area contributed by atoms with Crippen molar-refractivity contribution >= 4 is 11.6 Å². The Morgan fingerprint density at radius 3 is 2.76 bits per heavy atom. The molecule has 4 heteroatoms. The molecule has 0 saturated carbocycles. The molecule has 2 nitrogen and oxygen atoms in total. The topological polar surface area (TPSA) is 21.3 Å². The maximum atomic E-state index is 13.7. The molecule has 1 aromatic carbocycles. The third kappa shape index (κ3) is 3.95. The molecule has 0 aromatic heterocycles. The molecule has 0 fully saturated rings. The first kappa shape index (κ1) is 14.4. The molecule has 0 amide bonds. The summed E-state index contributed by atoms with van der Waals surface area (Å²) < 4.78 is 19.3. The van der Waals surface area contributed by atoms with Crippen LogP contribution >= 0.6 is 11.6 Å². The first-order valence-corrected chi connectivity index (χ1v) is 6.19. The summed E-state index contributed by atoms with van der Waals surface area (Å²) in [6.07, 6.45) is 0.590. The number of hydrogen-bond donors (Lipinski definition) is 1. The summed E-state index contributed by atoms with van der Waals surface area (Å²) in [6, 6.07) is 5.15. The number of rotatable bonds is 6. The van der Waals surface area contributed by atoms with Crippen molar-refractivity contribution < 1.29 is 9.13 Å². The van der Waals surface area contributed by atoms with Gasteiger partial charge in [0.05, 0.1) is 11.1 Å². The maximum Gasteiger partial charge on any atom is 0.145 e. The van der Waals surface area contributed by atoms with Gasteiger partial charge in [-0.25, -0.2) is 4.39 Å². The van der Waals surface area contributed by atoms with Gasteiger partial charge < -0.3 is 10.1 Å². The fourth-order valence-electron chi connectivity index (χ4n) is 1.82. The number of halogens is 2. The maximum absolute atomic E-state index is 13.7. The Kier molecular flexibility index (Phi) is 5.89. The van der Waals surface area contributed by atoms with Crippen LogP contribution in [-0.4, -0.2) is 25.8 Å². The SMILES string of the molecule is CCOC(C)C(Cc1cccc(Cl)c1F)NC. The molecule has 96 valence electrons. The molecule has 1 N–H and O–H groups in total. The quantitative estimate of drug-likeness (QED) is 0.848. The smallest absolute Gasteiger partial charge is 0.145 e. The molecule has 0 saturated heterocycles. The van der Waals surface area contributed by atoms with Crippen molar-refractivity contribution in [2.75, 3.05) is 13.7 Å². The molecule has 17 heavy (non-hydrogen) atoms. The molecule has 0 spiro atoms. The van der Waals surface area contributed by atoms with E-state index in [0.717, 1.165) is 0 Å². The van der Waals surface area contributed by atoms with Crippen LogP contribution in [-0.2, 0) is 11.2 Å². The zero-order valence-electron chi connectivity index (χ0n) is 10.5. The minimum Gasteiger partial charge on any atom is -0.377 e. The Morgan fingerprint density at radius 1 is 1.47 bits per heavy atom. The van der Waals surface area contributed by atoms with Crippen LogP contribution < -0.4 is 5.32 Å². The van der Waals surface area contributed by atoms with Gasteiger partial charge in [-0.15, -0.1) is 0 Å². The van der Waals surface area contributed by atoms with Gasteiger partial charge in [-0.05, 0) is 38.9 Å². The average molecular weight is 260 g/mol. The second-order valence-corrected chi connectivity index (χ2v) is 4.38. The predicted octanol–water partition coefficient (Wildman–Crippen LogP) is 3.03. The van der Waals surface area contributed by atoms with Gasteiger partial charge in [0.2, 0.25) is 0 Å². The Morgan fingerprint density at radius 2 is 2.18 bits per heavy atom. The normalized spacial score (nSPS) is 14.6. The Balaban J connectivity index is 2.77. The lowest BCUT2D eigenvalue weighted by atomic mass is 10.0. The third-order valence-corrected chi connectivity index (χ3v) is 3.13. The van der Waals surface area contributed by atoms with E-state index >= 15 is 0 Å². The molecular weight excluding hydrogens is 241 g/mol. The van der Waals surface area contributed by atoms with E-state index in [4.69, 9.17) is 16.3 Å². The predicted molar refractivity (Wildman–Crippen MR) is 69.0 cm³/mol. The zero-order chi connectivity index (χ0) is 12.8. The van der Waals surface area contributed by atoms with Crippen molar-refractivity contribution in [3.63, 3.8) is 0 Å². The molecule has 0 bridgehead atoms. The molecule has 1 rings (SSSR count). The van der Waals surface area contributed by atoms with Gasteiger partial charge in [-0.1, -0.05) is 23.7 Å². The fourth-order valence-corrected chi connectivity index (χ4v) is 2.02. The monoisotopic (exact) mass is 259 g/mol. The number of ether oxygens (including phenoxy) is 1. The summed E-state index contributed by atoms with van der Waals surface area (Å²) in [5.74, 6) is -0.335. The van der Waals surface area contributed by atoms with Gasteiger partial charge in [-0.2, -0.15) is 0 Å². The van der Waals surface area contributed by atoms with Crippen molar-refractivity contribution in [1.82, 2.24) is 5.32 Å². The molecule has 0 aliphatic rings. The van der Waals surface area contributed by atoms with Crippen molar-refractivity contribution in [3.05, 3.63) is 34.6 Å². The standard InChI is InChI=1S/C13H19ClFNO/c1-4-17-9(2)12(16-3)8-10-6-5-7-11(14)13(10)15/h5-7,9,12,16H,4,8H2,1-3H3. The van der Waals surface area contributed by atoms with Crippen molar-refractivity contribution in [2.24, 2.45) is 0 Å². The van der Waals surface area contributed by atoms with E-state index < -0.39 is 0 Å². The van der Waals surface area contributed by atoms with Crippen LogP contribution in [0.1, 0.15) is 19.4 Å². The van der Waals surface area contributed by atoms with Crippen LogP contribution in [0.5, 0.6) is 0 Å². The van der Waals surface area contributed by atoms with E-state index in [1.807, 2.05) is 20.9 Å². The van der Waals surface area contributed by atoms with Gasteiger partial charge in [0, 0.05) is 12.6 Å². The number of likely N-dealkylation sites (N-methyl/N-ethyl adjacent to an activating group) is 1. The van der Waals surface area contributed by atoms with Gasteiger partial charge >= 0.3 is 0 Å². The minimum atomic E-state index is -0.335. The zero-order valence-corrected chi connectivity index (χ0v) is 11.2. The van der Waals surface area contributed by atoms with Crippen LogP contribution in [0.3, 0.4) is 0 Å². The Hall–Kier alpha value is -0.640. The Labute approximate surface area is 107 Å². The van der Waals surface area contributed by atoms with E-state index in [2.05, 4.69) is 5.32 Å². The summed E-state index contributed by atoms with van der Waals surface area (Å²) in [5.41, 5.74) is 0.614. The molecule has 0 heterocycles. The highest BCUT2D eigenvalue weighted by Crippen LogP contribution is 2.20. The summed E-state index contributed by atoms with van der Waals surface area (Å²) in [7, 11) is 1.85. The lowest BCUT2D eigenvalue weighted by Crippen LogP contribution is -2.39. The van der Waals surface area contributed by atoms with E-state index in [0.29, 0.717) is 18.6 Å². The largest absolute Gasteiger partial charge is 0.377 e. The number of nitrogens with one attached hydrogen (secondary N) is 1. The van der Waals surface area contributed by atoms with Crippen LogP contribution in [0.2, 0.25) is 5.02 Å². The minimum absolute atomic E-state index is 0.0309. The molecule has 0 radical (unpaired) electrons. The summed E-state index contributed by atoms with van der Waals surface area (Å²) in [4.78, 5) is 0. The summed E-state index contributed by atoms with van der Waals surface area (Å²) in [6.45, 7) is 4.58. The van der Waals surface area contributed by atoms with Crippen LogP contribution in [0.15, 0.2) is 18.2 Å². The fraction of sp³-hybridized carbons (Fsp3) is 0.538. The van der Waals surface area contributed by atoms with Gasteiger partial charge in [0.15, 0.2) is 0 Å². The Bertz CT molecular complexity index is 359. The van der Waals surface area contributed by atoms with Crippen LogP contribution in [0.4, 0.5) is 4.39 Å². The first-order chi connectivity index (χ1) is 8.10. The first-order valence-electron chi connectivity index (χ1n) is 5.81. The number of hydrogen-bond acceptors (Lipinski definition) is 2. The van der Waals surface area contributed by atoms with E-state index in [1.165, 1.54) is 0 Å².